The van der Waals surface area contributed by atoms with Crippen molar-refractivity contribution in [3.63, 3.8) is 0 Å². The summed E-state index contributed by atoms with van der Waals surface area (Å²) in [6.07, 6.45) is 49.5. The van der Waals surface area contributed by atoms with Gasteiger partial charge < -0.3 is 33.8 Å². The molecule has 0 aliphatic carbocycles. The van der Waals surface area contributed by atoms with Crippen LogP contribution in [0.5, 0.6) is 0 Å². The third-order valence-corrected chi connectivity index (χ3v) is 17.1. The Labute approximate surface area is 529 Å². The minimum absolute atomic E-state index is 0.0854. The number of aliphatic hydroxyl groups is 1. The summed E-state index contributed by atoms with van der Waals surface area (Å²) in [5.41, 5.74) is 0. The molecular formula is C68H128O17P2. The topological polar surface area (TPSA) is 237 Å². The van der Waals surface area contributed by atoms with Gasteiger partial charge >= 0.3 is 39.5 Å². The first kappa shape index (κ1) is 84.5. The molecule has 512 valence electrons. The molecule has 0 aromatic carbocycles. The lowest BCUT2D eigenvalue weighted by Gasteiger charge is -2.21. The minimum Gasteiger partial charge on any atom is -0.462 e. The number of allylic oxidation sites excluding steroid dienone is 4. The highest BCUT2D eigenvalue weighted by atomic mass is 31.2. The average Bonchev–Trinajstić information content (AvgIpc) is 3.69. The summed E-state index contributed by atoms with van der Waals surface area (Å²) in [4.78, 5) is 72.3. The lowest BCUT2D eigenvalue weighted by molar-refractivity contribution is -0.161. The summed E-state index contributed by atoms with van der Waals surface area (Å²) in [5.74, 6) is -1.45. The number of ether oxygens (including phenoxy) is 4. The first-order valence-corrected chi connectivity index (χ1v) is 37.9. The molecule has 0 aromatic rings. The van der Waals surface area contributed by atoms with Crippen molar-refractivity contribution >= 4 is 39.5 Å². The first-order valence-electron chi connectivity index (χ1n) is 35.0. The Balaban J connectivity index is 5.25. The smallest absolute Gasteiger partial charge is 0.462 e. The minimum atomic E-state index is -4.96. The Morgan fingerprint density at radius 1 is 0.356 bits per heavy atom. The van der Waals surface area contributed by atoms with Crippen molar-refractivity contribution in [2.24, 2.45) is 5.92 Å². The molecule has 17 nitrogen and oxygen atoms in total. The predicted molar refractivity (Wildman–Crippen MR) is 349 cm³/mol. The molecule has 87 heavy (non-hydrogen) atoms. The predicted octanol–water partition coefficient (Wildman–Crippen LogP) is 18.9. The molecule has 0 amide bonds. The molecule has 0 rings (SSSR count). The molecule has 0 saturated heterocycles. The number of aliphatic hydroxyl groups excluding tert-OH is 1. The molecule has 0 fully saturated rings. The van der Waals surface area contributed by atoms with E-state index >= 15 is 0 Å². The fourth-order valence-corrected chi connectivity index (χ4v) is 11.3. The SMILES string of the molecule is CCCCCC/C=C\C=C/CCCCCCCC(=O)O[C@H](COC(=O)CCCCCCCCCCCCCCCC)COP(=O)(O)OC[C@@H](O)COP(=O)(O)OC[C@@H](COC(=O)CCCCCCCCC)OC(=O)CCCCCCCCCCC(C)C. The number of unbranched alkanes of at least 4 members (excludes halogenated alkanes) is 35. The van der Waals surface area contributed by atoms with Crippen molar-refractivity contribution in [2.45, 2.75) is 342 Å². The Bertz CT molecular complexity index is 1780. The molecule has 5 atom stereocenters. The Morgan fingerprint density at radius 3 is 0.943 bits per heavy atom. The summed E-state index contributed by atoms with van der Waals surface area (Å²) >= 11 is 0. The van der Waals surface area contributed by atoms with Crippen LogP contribution in [0.15, 0.2) is 24.3 Å². The van der Waals surface area contributed by atoms with Crippen LogP contribution in [-0.4, -0.2) is 96.7 Å². The molecule has 3 N–H and O–H groups in total. The maximum atomic E-state index is 13.0. The standard InChI is InChI=1S/C68H128O17P2/c1-6-9-12-15-18-20-22-24-26-28-30-32-38-43-48-53-67(72)84-64(58-79-66(71)52-47-42-37-31-29-27-25-23-21-19-16-13-10-7-2)60-83-87(76,77)81-56-62(69)55-80-86(74,75)82-59-63(57-78-65(70)51-46-41-35-17-14-11-8-3)85-68(73)54-49-44-39-34-33-36-40-45-50-61(4)5/h20,22,24,26,61-64,69H,6-19,21,23,25,27-60H2,1-5H3,(H,74,75)(H,76,77)/b22-20-,26-24-/t62-,63+,64+/m0/s1. The summed E-state index contributed by atoms with van der Waals surface area (Å²) in [7, 11) is -9.90. The number of hydrogen-bond acceptors (Lipinski definition) is 15. The van der Waals surface area contributed by atoms with Crippen molar-refractivity contribution < 1.29 is 80.2 Å². The van der Waals surface area contributed by atoms with E-state index in [1.54, 1.807) is 0 Å². The molecule has 0 radical (unpaired) electrons. The van der Waals surface area contributed by atoms with Gasteiger partial charge in [0.15, 0.2) is 12.2 Å². The molecule has 0 heterocycles. The number of phosphoric acid groups is 2. The van der Waals surface area contributed by atoms with Gasteiger partial charge in [0.25, 0.3) is 0 Å². The van der Waals surface area contributed by atoms with Gasteiger partial charge in [0.05, 0.1) is 26.4 Å². The van der Waals surface area contributed by atoms with Crippen molar-refractivity contribution in [1.29, 1.82) is 0 Å². The van der Waals surface area contributed by atoms with E-state index in [2.05, 4.69) is 58.9 Å². The van der Waals surface area contributed by atoms with Crippen LogP contribution in [0.3, 0.4) is 0 Å². The first-order chi connectivity index (χ1) is 42.0. The highest BCUT2D eigenvalue weighted by molar-refractivity contribution is 7.47. The maximum Gasteiger partial charge on any atom is 0.472 e. The van der Waals surface area contributed by atoms with E-state index in [0.29, 0.717) is 25.7 Å². The van der Waals surface area contributed by atoms with E-state index in [1.165, 1.54) is 122 Å². The molecule has 0 saturated carbocycles. The third kappa shape index (κ3) is 62.1. The van der Waals surface area contributed by atoms with E-state index < -0.39 is 97.5 Å². The van der Waals surface area contributed by atoms with Crippen LogP contribution in [-0.2, 0) is 65.4 Å². The average molecular weight is 1280 g/mol. The second-order valence-corrected chi connectivity index (χ2v) is 27.3. The number of carbonyl (C=O) groups excluding carboxylic acids is 4. The third-order valence-electron chi connectivity index (χ3n) is 15.2. The quantitative estimate of drug-likeness (QED) is 0.0169. The van der Waals surface area contributed by atoms with Gasteiger partial charge in [0.2, 0.25) is 0 Å². The zero-order chi connectivity index (χ0) is 64.2. The summed E-state index contributed by atoms with van der Waals surface area (Å²) < 4.78 is 68.0. The zero-order valence-electron chi connectivity index (χ0n) is 55.6. The molecule has 19 heteroatoms. The van der Waals surface area contributed by atoms with E-state index in [4.69, 9.17) is 37.0 Å². The Hall–Kier alpha value is -2.46. The lowest BCUT2D eigenvalue weighted by Crippen LogP contribution is -2.30. The largest absolute Gasteiger partial charge is 0.472 e. The Morgan fingerprint density at radius 2 is 0.621 bits per heavy atom. The van der Waals surface area contributed by atoms with Gasteiger partial charge in [0.1, 0.15) is 19.3 Å². The second kappa shape index (κ2) is 61.1. The number of phosphoric ester groups is 2. The maximum absolute atomic E-state index is 13.0. The molecule has 0 aromatic heterocycles. The van der Waals surface area contributed by atoms with Crippen LogP contribution < -0.4 is 0 Å². The number of hydrogen-bond donors (Lipinski definition) is 3. The van der Waals surface area contributed by atoms with Crippen molar-refractivity contribution in [3.8, 4) is 0 Å². The van der Waals surface area contributed by atoms with Crippen LogP contribution in [0.4, 0.5) is 0 Å². The molecule has 0 spiro atoms. The molecule has 0 aliphatic rings. The fraction of sp³-hybridized carbons (Fsp3) is 0.882. The van der Waals surface area contributed by atoms with Crippen LogP contribution >= 0.6 is 15.6 Å². The molecule has 0 aliphatic heterocycles. The van der Waals surface area contributed by atoms with Gasteiger partial charge in [-0.1, -0.05) is 271 Å². The van der Waals surface area contributed by atoms with Crippen molar-refractivity contribution in [2.75, 3.05) is 39.6 Å². The van der Waals surface area contributed by atoms with Gasteiger partial charge in [0, 0.05) is 25.7 Å². The molecule has 2 unspecified atom stereocenters. The van der Waals surface area contributed by atoms with Crippen molar-refractivity contribution in [3.05, 3.63) is 24.3 Å². The normalized spacial score (nSPS) is 14.3. The second-order valence-electron chi connectivity index (χ2n) is 24.4. The van der Waals surface area contributed by atoms with E-state index in [1.807, 2.05) is 0 Å². The Kier molecular flexibility index (Phi) is 59.3. The van der Waals surface area contributed by atoms with Crippen LogP contribution in [0.25, 0.3) is 0 Å². The summed E-state index contributed by atoms with van der Waals surface area (Å²) in [6.45, 7) is 7.08. The lowest BCUT2D eigenvalue weighted by atomic mass is 10.0. The zero-order valence-corrected chi connectivity index (χ0v) is 57.4. The highest BCUT2D eigenvalue weighted by Crippen LogP contribution is 2.45. The van der Waals surface area contributed by atoms with Gasteiger partial charge in [-0.05, 0) is 57.3 Å². The van der Waals surface area contributed by atoms with Crippen LogP contribution in [0.1, 0.15) is 324 Å². The number of rotatable bonds is 66. The molecule has 0 bridgehead atoms. The van der Waals surface area contributed by atoms with Gasteiger partial charge in [-0.15, -0.1) is 0 Å². The monoisotopic (exact) mass is 1280 g/mol. The summed E-state index contributed by atoms with van der Waals surface area (Å²) in [6, 6.07) is 0. The van der Waals surface area contributed by atoms with E-state index in [9.17, 15) is 43.2 Å². The van der Waals surface area contributed by atoms with E-state index in [0.717, 1.165) is 121 Å². The fourth-order valence-electron chi connectivity index (χ4n) is 9.75. The van der Waals surface area contributed by atoms with Crippen molar-refractivity contribution in [1.82, 2.24) is 0 Å². The van der Waals surface area contributed by atoms with Crippen LogP contribution in [0.2, 0.25) is 0 Å². The van der Waals surface area contributed by atoms with Crippen LogP contribution in [0, 0.1) is 5.92 Å². The van der Waals surface area contributed by atoms with Gasteiger partial charge in [-0.3, -0.25) is 37.3 Å². The number of carbonyl (C=O) groups is 4. The van der Waals surface area contributed by atoms with E-state index in [-0.39, 0.29) is 25.7 Å². The summed E-state index contributed by atoms with van der Waals surface area (Å²) in [5, 5.41) is 10.5. The van der Waals surface area contributed by atoms with Gasteiger partial charge in [-0.25, -0.2) is 9.13 Å². The highest BCUT2D eigenvalue weighted by Gasteiger charge is 2.30. The number of esters is 4. The van der Waals surface area contributed by atoms with Gasteiger partial charge in [-0.2, -0.15) is 0 Å². The molecular weight excluding hydrogens is 1150 g/mol.